The molecule has 1 aromatic rings. The summed E-state index contributed by atoms with van der Waals surface area (Å²) in [5, 5.41) is 8.83. The maximum atomic E-state index is 11.4. The lowest BCUT2D eigenvalue weighted by molar-refractivity contribution is 0.290. The van der Waals surface area contributed by atoms with E-state index in [1.807, 2.05) is 18.2 Å². The van der Waals surface area contributed by atoms with Crippen molar-refractivity contribution in [2.24, 2.45) is 0 Å². The Bertz CT molecular complexity index is 538. The molecule has 1 N–H and O–H groups in total. The number of aliphatic hydroxyl groups is 1. The van der Waals surface area contributed by atoms with Crippen LogP contribution in [-0.2, 0) is 17.3 Å². The van der Waals surface area contributed by atoms with Crippen LogP contribution in [0.2, 0.25) is 0 Å². The van der Waals surface area contributed by atoms with Gasteiger partial charge in [0.05, 0.1) is 7.11 Å². The van der Waals surface area contributed by atoms with Gasteiger partial charge in [-0.3, -0.25) is 9.11 Å². The molecule has 0 aliphatic carbocycles. The number of rotatable bonds is 3. The zero-order chi connectivity index (χ0) is 14.4. The van der Waals surface area contributed by atoms with E-state index in [1.54, 1.807) is 7.11 Å². The maximum Gasteiger partial charge on any atom is 0.119 e. The second-order valence-corrected chi connectivity index (χ2v) is 6.30. The average molecular weight is 293 g/mol. The van der Waals surface area contributed by atoms with Gasteiger partial charge < -0.3 is 9.84 Å². The summed E-state index contributed by atoms with van der Waals surface area (Å²) in [6.45, 7) is 2.31. The molecule has 5 heteroatoms. The molecule has 4 nitrogen and oxygen atoms in total. The summed E-state index contributed by atoms with van der Waals surface area (Å²) < 4.78 is 16.6. The molecule has 1 aliphatic heterocycles. The molecule has 0 radical (unpaired) electrons. The van der Waals surface area contributed by atoms with Crippen LogP contribution in [0.1, 0.15) is 11.1 Å². The van der Waals surface area contributed by atoms with Gasteiger partial charge in [-0.25, -0.2) is 0 Å². The summed E-state index contributed by atoms with van der Waals surface area (Å²) in [7, 11) is 0.979. The van der Waals surface area contributed by atoms with Crippen LogP contribution in [-0.4, -0.2) is 52.5 Å². The van der Waals surface area contributed by atoms with Crippen LogP contribution in [0, 0.1) is 11.8 Å². The first kappa shape index (κ1) is 15.0. The molecule has 0 amide bonds. The Labute approximate surface area is 122 Å². The third-order valence-corrected chi connectivity index (χ3v) is 4.55. The van der Waals surface area contributed by atoms with Gasteiger partial charge in [-0.05, 0) is 23.8 Å². The highest BCUT2D eigenvalue weighted by Gasteiger charge is 2.16. The zero-order valence-corrected chi connectivity index (χ0v) is 12.4. The summed E-state index contributed by atoms with van der Waals surface area (Å²) in [4.78, 5) is 2.28. The molecule has 1 aliphatic rings. The SMILES string of the molecule is COc1ccc(C#CCO)c(CN2CCS(=O)CC2)c1. The zero-order valence-electron chi connectivity index (χ0n) is 11.6. The lowest BCUT2D eigenvalue weighted by atomic mass is 10.1. The average Bonchev–Trinajstić information content (AvgIpc) is 2.48. The number of hydrogen-bond acceptors (Lipinski definition) is 4. The Hall–Kier alpha value is -1.35. The lowest BCUT2D eigenvalue weighted by Gasteiger charge is -2.26. The van der Waals surface area contributed by atoms with Crippen LogP contribution in [0.15, 0.2) is 18.2 Å². The summed E-state index contributed by atoms with van der Waals surface area (Å²) in [6, 6.07) is 5.77. The Morgan fingerprint density at radius 3 is 2.80 bits per heavy atom. The van der Waals surface area contributed by atoms with Crippen molar-refractivity contribution in [2.45, 2.75) is 6.54 Å². The van der Waals surface area contributed by atoms with Crippen molar-refractivity contribution < 1.29 is 14.1 Å². The van der Waals surface area contributed by atoms with Crippen molar-refractivity contribution in [2.75, 3.05) is 38.3 Å². The van der Waals surface area contributed by atoms with Crippen LogP contribution in [0.4, 0.5) is 0 Å². The van der Waals surface area contributed by atoms with Gasteiger partial charge in [-0.1, -0.05) is 11.8 Å². The van der Waals surface area contributed by atoms with Crippen LogP contribution in [0.3, 0.4) is 0 Å². The van der Waals surface area contributed by atoms with E-state index in [1.165, 1.54) is 0 Å². The maximum absolute atomic E-state index is 11.4. The van der Waals surface area contributed by atoms with Gasteiger partial charge >= 0.3 is 0 Å². The fraction of sp³-hybridized carbons (Fsp3) is 0.467. The topological polar surface area (TPSA) is 49.8 Å². The molecule has 1 heterocycles. The van der Waals surface area contributed by atoms with Gasteiger partial charge in [0, 0.05) is 47.5 Å². The summed E-state index contributed by atoms with van der Waals surface area (Å²) >= 11 is 0. The molecule has 0 unspecified atom stereocenters. The molecule has 0 atom stereocenters. The minimum Gasteiger partial charge on any atom is -0.497 e. The fourth-order valence-electron chi connectivity index (χ4n) is 2.16. The Morgan fingerprint density at radius 2 is 2.15 bits per heavy atom. The number of benzene rings is 1. The highest BCUT2D eigenvalue weighted by Crippen LogP contribution is 2.19. The van der Waals surface area contributed by atoms with Crippen LogP contribution < -0.4 is 4.74 Å². The normalized spacial score (nSPS) is 16.5. The van der Waals surface area contributed by atoms with Crippen molar-refractivity contribution in [3.05, 3.63) is 29.3 Å². The van der Waals surface area contributed by atoms with Crippen molar-refractivity contribution in [1.29, 1.82) is 0 Å². The van der Waals surface area contributed by atoms with E-state index in [0.29, 0.717) is 0 Å². The smallest absolute Gasteiger partial charge is 0.119 e. The molecular formula is C15H19NO3S. The van der Waals surface area contributed by atoms with Crippen LogP contribution in [0.25, 0.3) is 0 Å². The largest absolute Gasteiger partial charge is 0.497 e. The second-order valence-electron chi connectivity index (χ2n) is 4.61. The van der Waals surface area contributed by atoms with Crippen molar-refractivity contribution in [3.8, 4) is 17.6 Å². The lowest BCUT2D eigenvalue weighted by Crippen LogP contribution is -2.37. The second kappa shape index (κ2) is 7.44. The predicted molar refractivity (Wildman–Crippen MR) is 80.1 cm³/mol. The predicted octanol–water partition coefficient (Wildman–Crippen LogP) is 0.603. The third-order valence-electron chi connectivity index (χ3n) is 3.28. The fourth-order valence-corrected chi connectivity index (χ4v) is 3.29. The van der Waals surface area contributed by atoms with Gasteiger partial charge in [-0.2, -0.15) is 0 Å². The van der Waals surface area contributed by atoms with Crippen molar-refractivity contribution in [3.63, 3.8) is 0 Å². The van der Waals surface area contributed by atoms with E-state index in [0.717, 1.165) is 48.0 Å². The molecule has 0 bridgehead atoms. The minimum atomic E-state index is -0.662. The van der Waals surface area contributed by atoms with E-state index in [-0.39, 0.29) is 6.61 Å². The third kappa shape index (κ3) is 4.07. The minimum absolute atomic E-state index is 0.145. The number of aliphatic hydroxyl groups excluding tert-OH is 1. The van der Waals surface area contributed by atoms with Gasteiger partial charge in [0.15, 0.2) is 0 Å². The van der Waals surface area contributed by atoms with Crippen LogP contribution in [0.5, 0.6) is 5.75 Å². The molecule has 0 saturated carbocycles. The van der Waals surface area contributed by atoms with Gasteiger partial charge in [-0.15, -0.1) is 0 Å². The number of hydrogen-bond donors (Lipinski definition) is 1. The van der Waals surface area contributed by atoms with E-state index < -0.39 is 10.8 Å². The van der Waals surface area contributed by atoms with Crippen molar-refractivity contribution in [1.82, 2.24) is 4.90 Å². The molecule has 1 saturated heterocycles. The molecule has 108 valence electrons. The molecule has 0 spiro atoms. The van der Waals surface area contributed by atoms with Crippen molar-refractivity contribution >= 4 is 10.8 Å². The van der Waals surface area contributed by atoms with E-state index in [9.17, 15) is 4.21 Å². The van der Waals surface area contributed by atoms with E-state index in [2.05, 4.69) is 16.7 Å². The number of nitrogens with zero attached hydrogens (tertiary/aromatic N) is 1. The van der Waals surface area contributed by atoms with Gasteiger partial charge in [0.25, 0.3) is 0 Å². The highest BCUT2D eigenvalue weighted by molar-refractivity contribution is 7.85. The first-order valence-corrected chi connectivity index (χ1v) is 8.05. The van der Waals surface area contributed by atoms with E-state index >= 15 is 0 Å². The molecular weight excluding hydrogens is 274 g/mol. The molecule has 1 fully saturated rings. The number of ether oxygens (including phenoxy) is 1. The van der Waals surface area contributed by atoms with Gasteiger partial charge in [0.2, 0.25) is 0 Å². The molecule has 1 aromatic carbocycles. The summed E-state index contributed by atoms with van der Waals surface area (Å²) in [5.74, 6) is 7.93. The number of methoxy groups -OCH3 is 1. The highest BCUT2D eigenvalue weighted by atomic mass is 32.2. The van der Waals surface area contributed by atoms with E-state index in [4.69, 9.17) is 9.84 Å². The standard InChI is InChI=1S/C15H19NO3S/c1-19-15-5-4-13(3-2-8-17)14(11-15)12-16-6-9-20(18)10-7-16/h4-5,11,17H,6-10,12H2,1H3. The molecule has 0 aromatic heterocycles. The Morgan fingerprint density at radius 1 is 1.40 bits per heavy atom. The summed E-state index contributed by atoms with van der Waals surface area (Å²) in [5.41, 5.74) is 1.99. The molecule has 20 heavy (non-hydrogen) atoms. The molecule has 2 rings (SSSR count). The Balaban J connectivity index is 2.17. The first-order chi connectivity index (χ1) is 9.72. The summed E-state index contributed by atoms with van der Waals surface area (Å²) in [6.07, 6.45) is 0. The van der Waals surface area contributed by atoms with Gasteiger partial charge in [0.1, 0.15) is 12.4 Å². The Kier molecular flexibility index (Phi) is 5.60. The first-order valence-electron chi connectivity index (χ1n) is 6.57. The van der Waals surface area contributed by atoms with Crippen LogP contribution >= 0.6 is 0 Å². The monoisotopic (exact) mass is 293 g/mol. The quantitative estimate of drug-likeness (QED) is 0.829.